The molecule has 0 radical (unpaired) electrons. The van der Waals surface area contributed by atoms with Crippen molar-refractivity contribution in [3.8, 4) is 11.5 Å². The molecule has 0 amide bonds. The number of carbonyl (C=O) groups excluding carboxylic acids is 2. The van der Waals surface area contributed by atoms with Crippen LogP contribution >= 0.6 is 0 Å². The van der Waals surface area contributed by atoms with Gasteiger partial charge in [0.2, 0.25) is 0 Å². The van der Waals surface area contributed by atoms with Crippen molar-refractivity contribution < 1.29 is 33.0 Å². The smallest absolute Gasteiger partial charge is 0.342 e. The van der Waals surface area contributed by atoms with Crippen molar-refractivity contribution >= 4 is 11.8 Å². The zero-order valence-electron chi connectivity index (χ0n) is 12.0. The van der Waals surface area contributed by atoms with Gasteiger partial charge in [-0.25, -0.2) is 13.6 Å². The molecule has 0 aliphatic heterocycles. The number of carbonyl (C=O) groups is 2. The van der Waals surface area contributed by atoms with E-state index in [2.05, 4.69) is 0 Å². The first-order valence-electron chi connectivity index (χ1n) is 6.44. The molecule has 0 heterocycles. The molecule has 5 nitrogen and oxygen atoms in total. The first-order valence-corrected chi connectivity index (χ1v) is 6.44. The molecule has 0 aliphatic rings. The normalized spacial score (nSPS) is 10.2. The van der Waals surface area contributed by atoms with E-state index in [-0.39, 0.29) is 16.9 Å². The number of phenols is 1. The molecule has 0 saturated carbocycles. The Morgan fingerprint density at radius 1 is 1.09 bits per heavy atom. The number of phenolic OH excluding ortho intramolecular Hbond substituents is 1. The number of aromatic hydroxyl groups is 1. The van der Waals surface area contributed by atoms with Crippen LogP contribution in [0.15, 0.2) is 36.4 Å². The summed E-state index contributed by atoms with van der Waals surface area (Å²) in [7, 11) is 1.40. The van der Waals surface area contributed by atoms with Crippen LogP contribution in [0.2, 0.25) is 0 Å². The average molecular weight is 322 g/mol. The molecule has 1 N–H and O–H groups in total. The number of halogens is 2. The summed E-state index contributed by atoms with van der Waals surface area (Å²) in [4.78, 5) is 23.6. The third-order valence-corrected chi connectivity index (χ3v) is 3.00. The SMILES string of the molecule is COc1ccc(C(=O)OCC(=O)c2ccc(F)c(F)c2)c(O)c1. The lowest BCUT2D eigenvalue weighted by Gasteiger charge is -2.07. The van der Waals surface area contributed by atoms with Gasteiger partial charge in [0, 0.05) is 11.6 Å². The maximum atomic E-state index is 13.0. The highest BCUT2D eigenvalue weighted by atomic mass is 19.2. The lowest BCUT2D eigenvalue weighted by atomic mass is 10.1. The monoisotopic (exact) mass is 322 g/mol. The standard InChI is InChI=1S/C16H12F2O5/c1-22-10-3-4-11(14(19)7-10)16(21)23-8-15(20)9-2-5-12(17)13(18)6-9/h2-7,19H,8H2,1H3. The fourth-order valence-electron chi connectivity index (χ4n) is 1.77. The van der Waals surface area contributed by atoms with Gasteiger partial charge in [0.15, 0.2) is 24.0 Å². The molecule has 0 atom stereocenters. The molecule has 120 valence electrons. The summed E-state index contributed by atoms with van der Waals surface area (Å²) in [5.41, 5.74) is -0.278. The quantitative estimate of drug-likeness (QED) is 0.677. The average Bonchev–Trinajstić information content (AvgIpc) is 2.54. The van der Waals surface area contributed by atoms with Crippen molar-refractivity contribution in [3.63, 3.8) is 0 Å². The Morgan fingerprint density at radius 3 is 2.43 bits per heavy atom. The Morgan fingerprint density at radius 2 is 1.83 bits per heavy atom. The first kappa shape index (κ1) is 16.4. The summed E-state index contributed by atoms with van der Waals surface area (Å²) >= 11 is 0. The number of hydrogen-bond acceptors (Lipinski definition) is 5. The second-order valence-corrected chi connectivity index (χ2v) is 4.51. The molecule has 2 rings (SSSR count). The zero-order chi connectivity index (χ0) is 17.0. The van der Waals surface area contributed by atoms with Crippen LogP contribution in [0.1, 0.15) is 20.7 Å². The van der Waals surface area contributed by atoms with Gasteiger partial charge in [-0.3, -0.25) is 4.79 Å². The summed E-state index contributed by atoms with van der Waals surface area (Å²) < 4.78 is 35.5. The number of methoxy groups -OCH3 is 1. The van der Waals surface area contributed by atoms with E-state index in [4.69, 9.17) is 9.47 Å². The molecule has 23 heavy (non-hydrogen) atoms. The molecule has 0 saturated heterocycles. The lowest BCUT2D eigenvalue weighted by molar-refractivity contribution is 0.0471. The number of benzene rings is 2. The van der Waals surface area contributed by atoms with E-state index in [9.17, 15) is 23.5 Å². The van der Waals surface area contributed by atoms with Gasteiger partial charge in [-0.15, -0.1) is 0 Å². The van der Waals surface area contributed by atoms with E-state index in [0.29, 0.717) is 5.75 Å². The summed E-state index contributed by atoms with van der Waals surface area (Å²) in [6, 6.07) is 6.54. The number of hydrogen-bond donors (Lipinski definition) is 1. The molecule has 0 unspecified atom stereocenters. The summed E-state index contributed by atoms with van der Waals surface area (Å²) in [5.74, 6) is -3.91. The minimum Gasteiger partial charge on any atom is -0.507 e. The van der Waals surface area contributed by atoms with E-state index in [1.54, 1.807) is 0 Å². The van der Waals surface area contributed by atoms with Crippen LogP contribution in [0, 0.1) is 11.6 Å². The Bertz CT molecular complexity index is 758. The maximum Gasteiger partial charge on any atom is 0.342 e. The highest BCUT2D eigenvalue weighted by Crippen LogP contribution is 2.24. The van der Waals surface area contributed by atoms with E-state index in [1.165, 1.54) is 25.3 Å². The molecule has 2 aromatic rings. The lowest BCUT2D eigenvalue weighted by Crippen LogP contribution is -2.14. The van der Waals surface area contributed by atoms with Crippen molar-refractivity contribution in [1.82, 2.24) is 0 Å². The van der Waals surface area contributed by atoms with Gasteiger partial charge >= 0.3 is 5.97 Å². The van der Waals surface area contributed by atoms with Gasteiger partial charge < -0.3 is 14.6 Å². The van der Waals surface area contributed by atoms with Gasteiger partial charge in [0.05, 0.1) is 7.11 Å². The zero-order valence-corrected chi connectivity index (χ0v) is 12.0. The van der Waals surface area contributed by atoms with Crippen LogP contribution < -0.4 is 4.74 Å². The molecule has 0 spiro atoms. The van der Waals surface area contributed by atoms with Gasteiger partial charge in [0.25, 0.3) is 0 Å². The van der Waals surface area contributed by atoms with Gasteiger partial charge in [-0.1, -0.05) is 0 Å². The Hall–Kier alpha value is -2.96. The number of ether oxygens (including phenoxy) is 2. The number of Topliss-reactive ketones (excluding diaryl/α,β-unsaturated/α-hetero) is 1. The summed E-state index contributed by atoms with van der Waals surface area (Å²) in [6.07, 6.45) is 0. The fourth-order valence-corrected chi connectivity index (χ4v) is 1.77. The number of rotatable bonds is 5. The van der Waals surface area contributed by atoms with Gasteiger partial charge in [0.1, 0.15) is 17.1 Å². The van der Waals surface area contributed by atoms with Gasteiger partial charge in [-0.2, -0.15) is 0 Å². The van der Waals surface area contributed by atoms with Crippen LogP contribution in [0.25, 0.3) is 0 Å². The van der Waals surface area contributed by atoms with Crippen LogP contribution in [-0.2, 0) is 4.74 Å². The van der Waals surface area contributed by atoms with Crippen molar-refractivity contribution in [2.24, 2.45) is 0 Å². The molecule has 0 fully saturated rings. The van der Waals surface area contributed by atoms with Crippen LogP contribution in [-0.4, -0.2) is 30.6 Å². The largest absolute Gasteiger partial charge is 0.507 e. The highest BCUT2D eigenvalue weighted by molar-refractivity contribution is 6.00. The summed E-state index contributed by atoms with van der Waals surface area (Å²) in [6.45, 7) is -0.671. The van der Waals surface area contributed by atoms with Gasteiger partial charge in [-0.05, 0) is 30.3 Å². The Labute approximate surface area is 130 Å². The van der Waals surface area contributed by atoms with Crippen LogP contribution in [0.4, 0.5) is 8.78 Å². The number of ketones is 1. The number of esters is 1. The maximum absolute atomic E-state index is 13.0. The van der Waals surface area contributed by atoms with Crippen molar-refractivity contribution in [3.05, 3.63) is 59.2 Å². The van der Waals surface area contributed by atoms with Crippen LogP contribution in [0.5, 0.6) is 11.5 Å². The van der Waals surface area contributed by atoms with E-state index >= 15 is 0 Å². The Kier molecular flexibility index (Phi) is 4.90. The molecule has 0 aromatic heterocycles. The minimum absolute atomic E-state index is 0.129. The highest BCUT2D eigenvalue weighted by Gasteiger charge is 2.16. The molecular formula is C16H12F2O5. The summed E-state index contributed by atoms with van der Waals surface area (Å²) in [5, 5.41) is 9.69. The predicted molar refractivity (Wildman–Crippen MR) is 75.6 cm³/mol. The van der Waals surface area contributed by atoms with E-state index in [1.807, 2.05) is 0 Å². The topological polar surface area (TPSA) is 72.8 Å². The first-order chi connectivity index (χ1) is 10.9. The third-order valence-electron chi connectivity index (χ3n) is 3.00. The van der Waals surface area contributed by atoms with E-state index in [0.717, 1.165) is 18.2 Å². The molecule has 7 heteroatoms. The van der Waals surface area contributed by atoms with Crippen molar-refractivity contribution in [1.29, 1.82) is 0 Å². The molecule has 2 aromatic carbocycles. The van der Waals surface area contributed by atoms with Crippen molar-refractivity contribution in [2.45, 2.75) is 0 Å². The second kappa shape index (κ2) is 6.87. The van der Waals surface area contributed by atoms with Crippen molar-refractivity contribution in [2.75, 3.05) is 13.7 Å². The van der Waals surface area contributed by atoms with E-state index < -0.39 is 30.0 Å². The molecular weight excluding hydrogens is 310 g/mol. The van der Waals surface area contributed by atoms with Crippen LogP contribution in [0.3, 0.4) is 0 Å². The molecule has 0 bridgehead atoms. The fraction of sp³-hybridized carbons (Fsp3) is 0.125. The third kappa shape index (κ3) is 3.82. The minimum atomic E-state index is -1.17. The predicted octanol–water partition coefficient (Wildman–Crippen LogP) is 2.72. The molecule has 0 aliphatic carbocycles. The second-order valence-electron chi connectivity index (χ2n) is 4.51. The Balaban J connectivity index is 2.03.